The number of hydrogen-bond acceptors (Lipinski definition) is 5. The molecule has 1 amide bonds. The van der Waals surface area contributed by atoms with Crippen LogP contribution in [0.2, 0.25) is 0 Å². The Kier molecular flexibility index (Phi) is 6.68. The van der Waals surface area contributed by atoms with E-state index >= 15 is 0 Å². The third-order valence-electron chi connectivity index (χ3n) is 4.70. The van der Waals surface area contributed by atoms with Crippen LogP contribution in [0.15, 0.2) is 36.4 Å². The smallest absolute Gasteiger partial charge is 0.407 e. The van der Waals surface area contributed by atoms with Crippen LogP contribution < -0.4 is 15.8 Å². The van der Waals surface area contributed by atoms with Crippen molar-refractivity contribution in [2.75, 3.05) is 12.3 Å². The average Bonchev–Trinajstić information content (AvgIpc) is 3.06. The second-order valence-corrected chi connectivity index (χ2v) is 8.45. The first-order valence-electron chi connectivity index (χ1n) is 10.3. The Bertz CT molecular complexity index is 1060. The van der Waals surface area contributed by atoms with E-state index in [1.54, 1.807) is 26.8 Å². The largest absolute Gasteiger partial charge is 0.488 e. The van der Waals surface area contributed by atoms with Crippen molar-refractivity contribution < 1.29 is 18.7 Å². The number of H-pyrrole nitrogens is 1. The van der Waals surface area contributed by atoms with Crippen molar-refractivity contribution in [1.82, 2.24) is 15.5 Å². The number of carbonyl (C=O) groups excluding carboxylic acids is 1. The molecule has 0 radical (unpaired) electrons. The topological polar surface area (TPSA) is 102 Å². The van der Waals surface area contributed by atoms with Crippen LogP contribution in [-0.4, -0.2) is 34.5 Å². The van der Waals surface area contributed by atoms with E-state index in [2.05, 4.69) is 15.5 Å². The third-order valence-corrected chi connectivity index (χ3v) is 4.70. The van der Waals surface area contributed by atoms with E-state index in [4.69, 9.17) is 15.2 Å². The summed E-state index contributed by atoms with van der Waals surface area (Å²) in [7, 11) is 0. The van der Waals surface area contributed by atoms with Crippen molar-refractivity contribution in [1.29, 1.82) is 0 Å². The van der Waals surface area contributed by atoms with E-state index in [0.29, 0.717) is 30.0 Å². The van der Waals surface area contributed by atoms with Crippen molar-refractivity contribution in [2.45, 2.75) is 52.2 Å². The molecule has 7 nitrogen and oxygen atoms in total. The van der Waals surface area contributed by atoms with E-state index in [9.17, 15) is 9.18 Å². The summed E-state index contributed by atoms with van der Waals surface area (Å²) >= 11 is 0. The maximum atomic E-state index is 14.0. The molecule has 3 aromatic rings. The summed E-state index contributed by atoms with van der Waals surface area (Å²) in [4.78, 5) is 11.9. The molecule has 0 aliphatic heterocycles. The first kappa shape index (κ1) is 22.4. The first-order valence-corrected chi connectivity index (χ1v) is 10.3. The zero-order valence-corrected chi connectivity index (χ0v) is 18.3. The lowest BCUT2D eigenvalue weighted by Crippen LogP contribution is -2.38. The fourth-order valence-electron chi connectivity index (χ4n) is 3.17. The predicted octanol–water partition coefficient (Wildman–Crippen LogP) is 4.56. The highest BCUT2D eigenvalue weighted by molar-refractivity contribution is 5.89. The van der Waals surface area contributed by atoms with Gasteiger partial charge in [0.25, 0.3) is 0 Å². The number of amides is 1. The maximum Gasteiger partial charge on any atom is 0.407 e. The summed E-state index contributed by atoms with van der Waals surface area (Å²) in [6.07, 6.45) is 0.330. The second-order valence-electron chi connectivity index (χ2n) is 8.45. The zero-order chi connectivity index (χ0) is 22.6. The molecular formula is C23H29FN4O3. The van der Waals surface area contributed by atoms with Gasteiger partial charge in [-0.15, -0.1) is 0 Å². The van der Waals surface area contributed by atoms with Crippen molar-refractivity contribution in [3.05, 3.63) is 53.3 Å². The van der Waals surface area contributed by atoms with Gasteiger partial charge in [0.2, 0.25) is 0 Å². The molecule has 4 N–H and O–H groups in total. The van der Waals surface area contributed by atoms with Crippen molar-refractivity contribution >= 4 is 22.8 Å². The number of aromatic amines is 1. The summed E-state index contributed by atoms with van der Waals surface area (Å²) in [6, 6.07) is 10.2. The number of nitrogens with two attached hydrogens (primary N) is 1. The minimum Gasteiger partial charge on any atom is -0.488 e. The molecule has 0 bridgehead atoms. The summed E-state index contributed by atoms with van der Waals surface area (Å²) in [5, 5.41) is 10.4. The molecular weight excluding hydrogens is 399 g/mol. The lowest BCUT2D eigenvalue weighted by atomic mass is 10.0. The van der Waals surface area contributed by atoms with Crippen LogP contribution in [0.5, 0.6) is 5.75 Å². The molecule has 0 spiro atoms. The van der Waals surface area contributed by atoms with Crippen LogP contribution in [0.3, 0.4) is 0 Å². The number of carbonyl (C=O) groups is 1. The van der Waals surface area contributed by atoms with Gasteiger partial charge in [-0.3, -0.25) is 5.10 Å². The van der Waals surface area contributed by atoms with Crippen LogP contribution in [0.25, 0.3) is 10.9 Å². The van der Waals surface area contributed by atoms with E-state index in [1.807, 2.05) is 25.1 Å². The minimum atomic E-state index is -0.573. The van der Waals surface area contributed by atoms with Gasteiger partial charge in [-0.1, -0.05) is 13.0 Å². The predicted molar refractivity (Wildman–Crippen MR) is 119 cm³/mol. The van der Waals surface area contributed by atoms with Crippen LogP contribution >= 0.6 is 0 Å². The molecule has 0 aliphatic carbocycles. The number of halogens is 1. The Morgan fingerprint density at radius 1 is 1.26 bits per heavy atom. The number of fused-ring (bicyclic) bond motifs is 1. The Morgan fingerprint density at radius 3 is 2.74 bits per heavy atom. The fraction of sp³-hybridized carbons (Fsp3) is 0.391. The number of nitrogens with zero attached hydrogens (tertiary/aromatic N) is 1. The summed E-state index contributed by atoms with van der Waals surface area (Å²) in [5.74, 6) is 0.650. The molecule has 0 saturated carbocycles. The third kappa shape index (κ3) is 6.10. The van der Waals surface area contributed by atoms with E-state index < -0.39 is 11.7 Å². The van der Waals surface area contributed by atoms with Gasteiger partial charge in [0.05, 0.1) is 12.1 Å². The minimum absolute atomic E-state index is 0.278. The normalized spacial score (nSPS) is 12.5. The Labute approximate surface area is 181 Å². The Hall–Kier alpha value is -3.29. The summed E-state index contributed by atoms with van der Waals surface area (Å²) < 4.78 is 25.4. The van der Waals surface area contributed by atoms with Gasteiger partial charge in [-0.2, -0.15) is 5.10 Å². The summed E-state index contributed by atoms with van der Waals surface area (Å²) in [6.45, 7) is 7.65. The summed E-state index contributed by atoms with van der Waals surface area (Å²) in [5.41, 5.74) is 7.83. The van der Waals surface area contributed by atoms with Crippen LogP contribution in [0.1, 0.15) is 45.2 Å². The molecule has 166 valence electrons. The molecule has 1 atom stereocenters. The number of nitrogen functional groups attached to an aromatic ring is 1. The van der Waals surface area contributed by atoms with Gasteiger partial charge >= 0.3 is 6.09 Å². The molecule has 3 rings (SSSR count). The molecule has 0 saturated heterocycles. The number of aromatic nitrogens is 2. The van der Waals surface area contributed by atoms with E-state index in [1.165, 1.54) is 12.1 Å². The quantitative estimate of drug-likeness (QED) is 0.512. The Morgan fingerprint density at radius 2 is 2.03 bits per heavy atom. The molecule has 1 heterocycles. The van der Waals surface area contributed by atoms with E-state index in [0.717, 1.165) is 16.5 Å². The second kappa shape index (κ2) is 9.24. The number of hydrogen-bond donors (Lipinski definition) is 3. The van der Waals surface area contributed by atoms with Gasteiger partial charge < -0.3 is 20.5 Å². The lowest BCUT2D eigenvalue weighted by molar-refractivity contribution is 0.0499. The van der Waals surface area contributed by atoms with Gasteiger partial charge in [0, 0.05) is 17.4 Å². The fourth-order valence-corrected chi connectivity index (χ4v) is 3.17. The van der Waals surface area contributed by atoms with Crippen LogP contribution in [0, 0.1) is 5.82 Å². The van der Waals surface area contributed by atoms with Gasteiger partial charge in [-0.25, -0.2) is 9.18 Å². The van der Waals surface area contributed by atoms with Crippen molar-refractivity contribution in [2.24, 2.45) is 0 Å². The molecule has 2 aromatic carbocycles. The number of ether oxygens (including phenoxy) is 2. The molecule has 8 heteroatoms. The molecule has 0 fully saturated rings. The van der Waals surface area contributed by atoms with Gasteiger partial charge in [-0.05, 0) is 63.1 Å². The Balaban J connectivity index is 1.73. The number of nitrogens with one attached hydrogen (secondary N) is 2. The number of rotatable bonds is 7. The average molecular weight is 429 g/mol. The maximum absolute atomic E-state index is 14.0. The highest BCUT2D eigenvalue weighted by Gasteiger charge is 2.18. The highest BCUT2D eigenvalue weighted by atomic mass is 19.1. The highest BCUT2D eigenvalue weighted by Crippen LogP contribution is 2.27. The lowest BCUT2D eigenvalue weighted by Gasteiger charge is -2.23. The SMILES string of the molecule is CCC(CNC(=O)OC(C)(C)C)Oc1ccc(F)cc1Cc1ccc2[nH]nc(N)c2c1. The van der Waals surface area contributed by atoms with E-state index in [-0.39, 0.29) is 18.5 Å². The monoisotopic (exact) mass is 428 g/mol. The molecule has 1 aromatic heterocycles. The molecule has 0 aliphatic rings. The van der Waals surface area contributed by atoms with Crippen molar-refractivity contribution in [3.63, 3.8) is 0 Å². The van der Waals surface area contributed by atoms with Gasteiger partial charge in [0.1, 0.15) is 23.3 Å². The van der Waals surface area contributed by atoms with Crippen molar-refractivity contribution in [3.8, 4) is 5.75 Å². The molecule has 1 unspecified atom stereocenters. The van der Waals surface area contributed by atoms with Crippen LogP contribution in [-0.2, 0) is 11.2 Å². The zero-order valence-electron chi connectivity index (χ0n) is 18.3. The molecule has 31 heavy (non-hydrogen) atoms. The van der Waals surface area contributed by atoms with Crippen LogP contribution in [0.4, 0.5) is 15.0 Å². The van der Waals surface area contributed by atoms with Gasteiger partial charge in [0.15, 0.2) is 5.82 Å². The number of benzene rings is 2. The number of anilines is 1. The first-order chi connectivity index (χ1) is 14.6. The standard InChI is InChI=1S/C23H29FN4O3/c1-5-17(13-26-22(29)31-23(2,3)4)30-20-9-7-16(24)12-15(20)10-14-6-8-19-18(11-14)21(25)28-27-19/h6-9,11-12,17H,5,10,13H2,1-4H3,(H,26,29)(H3,25,27,28). The number of alkyl carbamates (subject to hydrolysis) is 1.